The molecule has 1 aliphatic heterocycles. The van der Waals surface area contributed by atoms with Gasteiger partial charge >= 0.3 is 0 Å². The SMILES string of the molecule is CC(C)c1nn(C)c2sc(C(=O)N3CC[C@@H](N)C3)cc12.Cl. The normalized spacial score (nSPS) is 18.5. The lowest BCUT2D eigenvalue weighted by Crippen LogP contribution is -2.31. The Kier molecular flexibility index (Phi) is 4.60. The van der Waals surface area contributed by atoms with Crippen LogP contribution in [-0.2, 0) is 7.05 Å². The second kappa shape index (κ2) is 5.94. The van der Waals surface area contributed by atoms with E-state index >= 15 is 0 Å². The van der Waals surface area contributed by atoms with Crippen molar-refractivity contribution in [3.05, 3.63) is 16.6 Å². The number of rotatable bonds is 2. The fourth-order valence-electron chi connectivity index (χ4n) is 2.73. The first-order chi connectivity index (χ1) is 9.47. The van der Waals surface area contributed by atoms with E-state index < -0.39 is 0 Å². The summed E-state index contributed by atoms with van der Waals surface area (Å²) < 4.78 is 1.88. The summed E-state index contributed by atoms with van der Waals surface area (Å²) in [5.41, 5.74) is 6.95. The Balaban J connectivity index is 0.00000161. The molecule has 0 radical (unpaired) electrons. The molecule has 21 heavy (non-hydrogen) atoms. The molecule has 0 saturated carbocycles. The molecule has 116 valence electrons. The van der Waals surface area contributed by atoms with E-state index in [0.29, 0.717) is 12.5 Å². The van der Waals surface area contributed by atoms with E-state index in [-0.39, 0.29) is 24.4 Å². The van der Waals surface area contributed by atoms with Crippen molar-refractivity contribution in [1.82, 2.24) is 14.7 Å². The Labute approximate surface area is 134 Å². The molecule has 1 fully saturated rings. The molecule has 2 aromatic rings. The summed E-state index contributed by atoms with van der Waals surface area (Å²) in [4.78, 5) is 16.2. The number of likely N-dealkylation sites (tertiary alicyclic amines) is 1. The Morgan fingerprint density at radius 2 is 2.24 bits per heavy atom. The largest absolute Gasteiger partial charge is 0.336 e. The standard InChI is InChI=1S/C14H20N4OS.ClH/c1-8(2)12-10-6-11(20-14(10)17(3)16-12)13(19)18-5-4-9(15)7-18;/h6,8-9H,4-5,7,15H2,1-3H3;1H/t9-;/m1./s1. The van der Waals surface area contributed by atoms with Crippen LogP contribution in [0.2, 0.25) is 0 Å². The first kappa shape index (κ1) is 16.3. The number of nitrogens with two attached hydrogens (primary N) is 1. The van der Waals surface area contributed by atoms with Crippen LogP contribution in [0.15, 0.2) is 6.07 Å². The minimum atomic E-state index is 0. The molecule has 2 aromatic heterocycles. The predicted molar refractivity (Wildman–Crippen MR) is 88.4 cm³/mol. The summed E-state index contributed by atoms with van der Waals surface area (Å²) in [5.74, 6) is 0.463. The third-order valence-electron chi connectivity index (χ3n) is 3.81. The second-order valence-electron chi connectivity index (χ2n) is 5.79. The number of carbonyl (C=O) groups is 1. The number of thiophene rings is 1. The van der Waals surface area contributed by atoms with Crippen molar-refractivity contribution in [3.63, 3.8) is 0 Å². The molecule has 0 unspecified atom stereocenters. The second-order valence-corrected chi connectivity index (χ2v) is 6.82. The highest BCUT2D eigenvalue weighted by Crippen LogP contribution is 2.32. The maximum atomic E-state index is 12.5. The molecule has 1 amide bonds. The summed E-state index contributed by atoms with van der Waals surface area (Å²) in [7, 11) is 1.94. The minimum Gasteiger partial charge on any atom is -0.336 e. The maximum absolute atomic E-state index is 12.5. The zero-order valence-electron chi connectivity index (χ0n) is 12.5. The fourth-order valence-corrected chi connectivity index (χ4v) is 3.77. The molecule has 1 atom stereocenters. The van der Waals surface area contributed by atoms with Gasteiger partial charge in [0, 0.05) is 31.6 Å². The fraction of sp³-hybridized carbons (Fsp3) is 0.571. The minimum absolute atomic E-state index is 0. The maximum Gasteiger partial charge on any atom is 0.264 e. The molecular formula is C14H21ClN4OS. The van der Waals surface area contributed by atoms with Crippen LogP contribution in [0.4, 0.5) is 0 Å². The predicted octanol–water partition coefficient (Wildman–Crippen LogP) is 2.35. The van der Waals surface area contributed by atoms with Gasteiger partial charge in [-0.05, 0) is 18.4 Å². The average molecular weight is 329 g/mol. The van der Waals surface area contributed by atoms with E-state index in [1.165, 1.54) is 11.3 Å². The van der Waals surface area contributed by atoms with Crippen molar-refractivity contribution < 1.29 is 4.79 Å². The molecule has 0 aliphatic carbocycles. The number of amides is 1. The molecule has 3 rings (SSSR count). The lowest BCUT2D eigenvalue weighted by molar-refractivity contribution is 0.0795. The van der Waals surface area contributed by atoms with Crippen molar-refractivity contribution in [2.75, 3.05) is 13.1 Å². The molecule has 0 bridgehead atoms. The molecule has 0 spiro atoms. The van der Waals surface area contributed by atoms with Crippen LogP contribution in [0.1, 0.15) is 41.6 Å². The Hall–Kier alpha value is -1.11. The van der Waals surface area contributed by atoms with Gasteiger partial charge in [0.25, 0.3) is 5.91 Å². The molecule has 3 heterocycles. The van der Waals surface area contributed by atoms with Crippen LogP contribution in [0, 0.1) is 0 Å². The topological polar surface area (TPSA) is 64.2 Å². The number of fused-ring (bicyclic) bond motifs is 1. The van der Waals surface area contributed by atoms with Crippen LogP contribution in [-0.4, -0.2) is 39.7 Å². The number of aryl methyl sites for hydroxylation is 1. The number of hydrogen-bond donors (Lipinski definition) is 1. The van der Waals surface area contributed by atoms with Crippen molar-refractivity contribution in [1.29, 1.82) is 0 Å². The highest BCUT2D eigenvalue weighted by molar-refractivity contribution is 7.20. The molecule has 2 N–H and O–H groups in total. The number of carbonyl (C=O) groups excluding carboxylic acids is 1. The van der Waals surface area contributed by atoms with Crippen molar-refractivity contribution in [2.45, 2.75) is 32.2 Å². The summed E-state index contributed by atoms with van der Waals surface area (Å²) >= 11 is 1.53. The van der Waals surface area contributed by atoms with Gasteiger partial charge in [0.2, 0.25) is 0 Å². The lowest BCUT2D eigenvalue weighted by Gasteiger charge is -2.14. The van der Waals surface area contributed by atoms with Gasteiger partial charge in [-0.25, -0.2) is 0 Å². The number of nitrogens with zero attached hydrogens (tertiary/aromatic N) is 3. The van der Waals surface area contributed by atoms with Crippen LogP contribution in [0.5, 0.6) is 0 Å². The van der Waals surface area contributed by atoms with Gasteiger partial charge in [-0.1, -0.05) is 13.8 Å². The van der Waals surface area contributed by atoms with Gasteiger partial charge in [-0.3, -0.25) is 9.48 Å². The average Bonchev–Trinajstić information content (AvgIpc) is 3.05. The van der Waals surface area contributed by atoms with Gasteiger partial charge in [0.05, 0.1) is 10.6 Å². The quantitative estimate of drug-likeness (QED) is 0.920. The van der Waals surface area contributed by atoms with Gasteiger partial charge < -0.3 is 10.6 Å². The van der Waals surface area contributed by atoms with Crippen LogP contribution in [0.25, 0.3) is 10.2 Å². The van der Waals surface area contributed by atoms with Gasteiger partial charge in [0.1, 0.15) is 4.83 Å². The number of halogens is 1. The molecule has 0 aromatic carbocycles. The smallest absolute Gasteiger partial charge is 0.264 e. The third kappa shape index (κ3) is 2.80. The van der Waals surface area contributed by atoms with Crippen LogP contribution >= 0.6 is 23.7 Å². The molecule has 5 nitrogen and oxygen atoms in total. The van der Waals surface area contributed by atoms with E-state index in [1.54, 1.807) is 0 Å². The number of hydrogen-bond acceptors (Lipinski definition) is 4. The van der Waals surface area contributed by atoms with Gasteiger partial charge in [0.15, 0.2) is 0 Å². The van der Waals surface area contributed by atoms with Crippen LogP contribution < -0.4 is 5.73 Å². The first-order valence-electron chi connectivity index (χ1n) is 6.98. The molecule has 1 aliphatic rings. The van der Waals surface area contributed by atoms with Crippen molar-refractivity contribution >= 4 is 39.9 Å². The van der Waals surface area contributed by atoms with E-state index in [4.69, 9.17) is 5.73 Å². The molecule has 1 saturated heterocycles. The highest BCUT2D eigenvalue weighted by atomic mass is 35.5. The zero-order chi connectivity index (χ0) is 14.4. The van der Waals surface area contributed by atoms with Crippen molar-refractivity contribution in [3.8, 4) is 0 Å². The van der Waals surface area contributed by atoms with Crippen molar-refractivity contribution in [2.24, 2.45) is 12.8 Å². The molecule has 7 heteroatoms. The van der Waals surface area contributed by atoms with Gasteiger partial charge in [-0.2, -0.15) is 5.10 Å². The molecular weight excluding hydrogens is 308 g/mol. The Morgan fingerprint density at radius 1 is 1.52 bits per heavy atom. The first-order valence-corrected chi connectivity index (χ1v) is 7.80. The van der Waals surface area contributed by atoms with Gasteiger partial charge in [-0.15, -0.1) is 23.7 Å². The Morgan fingerprint density at radius 3 is 2.81 bits per heavy atom. The summed E-state index contributed by atoms with van der Waals surface area (Å²) in [6.45, 7) is 5.69. The highest BCUT2D eigenvalue weighted by Gasteiger charge is 2.27. The third-order valence-corrected chi connectivity index (χ3v) is 5.00. The zero-order valence-corrected chi connectivity index (χ0v) is 14.1. The van der Waals surface area contributed by atoms with Crippen LogP contribution in [0.3, 0.4) is 0 Å². The number of aromatic nitrogens is 2. The van der Waals surface area contributed by atoms with E-state index in [0.717, 1.165) is 33.8 Å². The van der Waals surface area contributed by atoms with E-state index in [2.05, 4.69) is 18.9 Å². The monoisotopic (exact) mass is 328 g/mol. The summed E-state index contributed by atoms with van der Waals surface area (Å²) in [6, 6.07) is 2.12. The summed E-state index contributed by atoms with van der Waals surface area (Å²) in [6.07, 6.45) is 0.898. The summed E-state index contributed by atoms with van der Waals surface area (Å²) in [5, 5.41) is 5.65. The van der Waals surface area contributed by atoms with E-state index in [1.807, 2.05) is 22.7 Å². The lowest BCUT2D eigenvalue weighted by atomic mass is 10.1. The van der Waals surface area contributed by atoms with E-state index in [9.17, 15) is 4.79 Å². The Bertz CT molecular complexity index is 663.